The number of hydrogen-bond acceptors (Lipinski definition) is 2. The van der Waals surface area contributed by atoms with Gasteiger partial charge in [-0.2, -0.15) is 0 Å². The van der Waals surface area contributed by atoms with Crippen molar-refractivity contribution < 1.29 is 9.59 Å². The zero-order chi connectivity index (χ0) is 9.56. The van der Waals surface area contributed by atoms with Crippen LogP contribution in [0.25, 0.3) is 0 Å². The molecule has 0 amide bonds. The molecule has 0 aromatic carbocycles. The van der Waals surface area contributed by atoms with Gasteiger partial charge in [-0.25, -0.2) is 0 Å². The minimum absolute atomic E-state index is 0.157. The molecule has 0 bridgehead atoms. The summed E-state index contributed by atoms with van der Waals surface area (Å²) in [7, 11) is 0. The minimum atomic E-state index is -0.238. The number of carbonyl (C=O) groups excluding carboxylic acids is 2. The first-order valence-electron chi connectivity index (χ1n) is 3.95. The highest BCUT2D eigenvalue weighted by molar-refractivity contribution is 6.64. The van der Waals surface area contributed by atoms with Crippen LogP contribution in [0.15, 0.2) is 0 Å². The Kier molecular flexibility index (Phi) is 6.39. The second-order valence-electron chi connectivity index (χ2n) is 2.68. The molecular formula is C8H12Cl2O2. The molecule has 1 aliphatic carbocycles. The highest BCUT2D eigenvalue weighted by atomic mass is 35.5. The smallest absolute Gasteiger partial charge is 0.224 e. The molecule has 0 heterocycles. The Morgan fingerprint density at radius 3 is 1.83 bits per heavy atom. The minimum Gasteiger partial charge on any atom is -0.281 e. The molecule has 0 spiro atoms. The van der Waals surface area contributed by atoms with Gasteiger partial charge >= 0.3 is 0 Å². The molecule has 0 aliphatic heterocycles. The van der Waals surface area contributed by atoms with Crippen molar-refractivity contribution in [3.63, 3.8) is 0 Å². The SMILES string of the molecule is CCCC(=O)Cl.O=C(Cl)C1CC1. The van der Waals surface area contributed by atoms with Gasteiger partial charge in [0.1, 0.15) is 0 Å². The van der Waals surface area contributed by atoms with Crippen LogP contribution in [0.5, 0.6) is 0 Å². The Hall–Kier alpha value is -0.0800. The van der Waals surface area contributed by atoms with Crippen molar-refractivity contribution in [1.29, 1.82) is 0 Å². The quantitative estimate of drug-likeness (QED) is 0.672. The molecule has 0 N–H and O–H groups in total. The number of carbonyl (C=O) groups is 2. The van der Waals surface area contributed by atoms with Gasteiger partial charge in [0.2, 0.25) is 10.5 Å². The van der Waals surface area contributed by atoms with Gasteiger partial charge in [0.15, 0.2) is 0 Å². The summed E-state index contributed by atoms with van der Waals surface area (Å²) in [6, 6.07) is 0. The molecule has 0 radical (unpaired) electrons. The zero-order valence-corrected chi connectivity index (χ0v) is 8.49. The van der Waals surface area contributed by atoms with Crippen LogP contribution >= 0.6 is 23.2 Å². The second kappa shape index (κ2) is 6.44. The van der Waals surface area contributed by atoms with E-state index in [0.29, 0.717) is 6.42 Å². The lowest BCUT2D eigenvalue weighted by atomic mass is 10.4. The Labute approximate surface area is 82.2 Å². The van der Waals surface area contributed by atoms with Crippen molar-refractivity contribution in [1.82, 2.24) is 0 Å². The maximum absolute atomic E-state index is 9.97. The molecule has 0 aromatic rings. The molecule has 1 fully saturated rings. The summed E-state index contributed by atoms with van der Waals surface area (Å²) >= 11 is 9.98. The molecule has 2 nitrogen and oxygen atoms in total. The average Bonchev–Trinajstić information content (AvgIpc) is 2.67. The molecule has 1 rings (SSSR count). The third kappa shape index (κ3) is 8.02. The lowest BCUT2D eigenvalue weighted by Crippen LogP contribution is -1.83. The maximum atomic E-state index is 9.97. The van der Waals surface area contributed by atoms with Crippen molar-refractivity contribution in [3.8, 4) is 0 Å². The van der Waals surface area contributed by atoms with Crippen LogP contribution in [-0.4, -0.2) is 10.5 Å². The van der Waals surface area contributed by atoms with Crippen LogP contribution in [0.4, 0.5) is 0 Å². The van der Waals surface area contributed by atoms with Gasteiger partial charge in [-0.15, -0.1) is 0 Å². The van der Waals surface area contributed by atoms with E-state index in [1.807, 2.05) is 6.92 Å². The van der Waals surface area contributed by atoms with Crippen LogP contribution in [0.3, 0.4) is 0 Å². The Morgan fingerprint density at radius 2 is 1.83 bits per heavy atom. The maximum Gasteiger partial charge on any atom is 0.224 e. The lowest BCUT2D eigenvalue weighted by Gasteiger charge is -1.77. The summed E-state index contributed by atoms with van der Waals surface area (Å²) in [4.78, 5) is 19.8. The summed E-state index contributed by atoms with van der Waals surface area (Å²) in [5.74, 6) is 0.228. The lowest BCUT2D eigenvalue weighted by molar-refractivity contribution is -0.113. The van der Waals surface area contributed by atoms with Crippen LogP contribution in [0.2, 0.25) is 0 Å². The van der Waals surface area contributed by atoms with E-state index < -0.39 is 0 Å². The van der Waals surface area contributed by atoms with Crippen LogP contribution in [0.1, 0.15) is 32.6 Å². The largest absolute Gasteiger partial charge is 0.281 e. The highest BCUT2D eigenvalue weighted by Gasteiger charge is 2.27. The summed E-state index contributed by atoms with van der Waals surface area (Å²) in [6.45, 7) is 1.92. The van der Waals surface area contributed by atoms with Crippen molar-refractivity contribution >= 4 is 33.7 Å². The molecule has 4 heteroatoms. The van der Waals surface area contributed by atoms with Gasteiger partial charge < -0.3 is 0 Å². The first-order chi connectivity index (χ1) is 5.57. The normalized spacial score (nSPS) is 14.6. The number of halogens is 2. The fraction of sp³-hybridized carbons (Fsp3) is 0.750. The average molecular weight is 211 g/mol. The van der Waals surface area contributed by atoms with E-state index in [1.54, 1.807) is 0 Å². The van der Waals surface area contributed by atoms with Gasteiger partial charge in [-0.3, -0.25) is 9.59 Å². The van der Waals surface area contributed by atoms with Crippen molar-refractivity contribution in [2.24, 2.45) is 5.92 Å². The third-order valence-electron chi connectivity index (χ3n) is 1.34. The highest BCUT2D eigenvalue weighted by Crippen LogP contribution is 2.30. The van der Waals surface area contributed by atoms with E-state index in [2.05, 4.69) is 0 Å². The van der Waals surface area contributed by atoms with E-state index in [4.69, 9.17) is 23.2 Å². The van der Waals surface area contributed by atoms with Crippen molar-refractivity contribution in [3.05, 3.63) is 0 Å². The van der Waals surface area contributed by atoms with Crippen molar-refractivity contribution in [2.45, 2.75) is 32.6 Å². The molecule has 12 heavy (non-hydrogen) atoms. The van der Waals surface area contributed by atoms with Gasteiger partial charge in [-0.05, 0) is 42.5 Å². The molecule has 1 saturated carbocycles. The van der Waals surface area contributed by atoms with E-state index in [-0.39, 0.29) is 16.4 Å². The number of hydrogen-bond donors (Lipinski definition) is 0. The molecule has 1 aliphatic rings. The topological polar surface area (TPSA) is 34.1 Å². The van der Waals surface area contributed by atoms with Crippen LogP contribution in [-0.2, 0) is 9.59 Å². The Morgan fingerprint density at radius 1 is 1.33 bits per heavy atom. The predicted octanol–water partition coefficient (Wildman–Crippen LogP) is 2.71. The zero-order valence-electron chi connectivity index (χ0n) is 6.98. The van der Waals surface area contributed by atoms with E-state index in [9.17, 15) is 9.59 Å². The van der Waals surface area contributed by atoms with Gasteiger partial charge in [0.05, 0.1) is 0 Å². The van der Waals surface area contributed by atoms with Crippen LogP contribution in [0, 0.1) is 5.92 Å². The van der Waals surface area contributed by atoms with Gasteiger partial charge in [0.25, 0.3) is 0 Å². The fourth-order valence-corrected chi connectivity index (χ4v) is 0.914. The summed E-state index contributed by atoms with van der Waals surface area (Å²) < 4.78 is 0. The summed E-state index contributed by atoms with van der Waals surface area (Å²) in [5, 5.41) is -0.396. The fourth-order valence-electron chi connectivity index (χ4n) is 0.507. The molecule has 0 aromatic heterocycles. The summed E-state index contributed by atoms with van der Waals surface area (Å²) in [5.41, 5.74) is 0. The van der Waals surface area contributed by atoms with E-state index in [0.717, 1.165) is 19.3 Å². The van der Waals surface area contributed by atoms with E-state index in [1.165, 1.54) is 0 Å². The van der Waals surface area contributed by atoms with E-state index >= 15 is 0 Å². The second-order valence-corrected chi connectivity index (χ2v) is 3.48. The molecular weight excluding hydrogens is 199 g/mol. The predicted molar refractivity (Wildman–Crippen MR) is 49.4 cm³/mol. The number of rotatable bonds is 3. The molecule has 0 atom stereocenters. The monoisotopic (exact) mass is 210 g/mol. The first-order valence-corrected chi connectivity index (χ1v) is 4.71. The molecule has 0 saturated heterocycles. The third-order valence-corrected chi connectivity index (χ3v) is 1.84. The standard InChI is InChI=1S/C4H5ClO.C4H7ClO/c5-4(6)3-1-2-3;1-2-3-4(5)6/h3H,1-2H2;2-3H2,1H3. The first kappa shape index (κ1) is 11.9. The molecule has 70 valence electrons. The van der Waals surface area contributed by atoms with Gasteiger partial charge in [0, 0.05) is 12.3 Å². The van der Waals surface area contributed by atoms with Crippen LogP contribution < -0.4 is 0 Å². The Bertz CT molecular complexity index is 164. The van der Waals surface area contributed by atoms with Gasteiger partial charge in [-0.1, -0.05) is 6.92 Å². The molecule has 0 unspecified atom stereocenters. The summed E-state index contributed by atoms with van der Waals surface area (Å²) in [6.07, 6.45) is 3.38. The Balaban J connectivity index is 0.000000202. The van der Waals surface area contributed by atoms with Crippen molar-refractivity contribution in [2.75, 3.05) is 0 Å².